The second-order valence-corrected chi connectivity index (χ2v) is 8.28. The van der Waals surface area contributed by atoms with Crippen molar-refractivity contribution in [1.29, 1.82) is 0 Å². The Morgan fingerprint density at radius 3 is 1.37 bits per heavy atom. The van der Waals surface area contributed by atoms with Gasteiger partial charge < -0.3 is 9.13 Å². The predicted octanol–water partition coefficient (Wildman–Crippen LogP) is 3.15. The highest BCUT2D eigenvalue weighted by atomic mass is 31.1. The standard InChI is InChI=1S/C15H18O2P2/c16-18(14-8-3-1-4-9-14)12-7-13-19(17)15-10-5-2-6-11-15/h1-6,8-11,18-19H,7,12-13H2. The van der Waals surface area contributed by atoms with E-state index >= 15 is 0 Å². The van der Waals surface area contributed by atoms with Crippen LogP contribution < -0.4 is 10.6 Å². The maximum absolute atomic E-state index is 12.1. The summed E-state index contributed by atoms with van der Waals surface area (Å²) in [6, 6.07) is 19.1. The van der Waals surface area contributed by atoms with E-state index < -0.39 is 15.6 Å². The molecule has 2 atom stereocenters. The second-order valence-electron chi connectivity index (χ2n) is 4.43. The van der Waals surface area contributed by atoms with Crippen LogP contribution in [0.5, 0.6) is 0 Å². The zero-order chi connectivity index (χ0) is 13.5. The van der Waals surface area contributed by atoms with Crippen LogP contribution in [0, 0.1) is 0 Å². The lowest BCUT2D eigenvalue weighted by Gasteiger charge is -2.03. The zero-order valence-electron chi connectivity index (χ0n) is 10.7. The zero-order valence-corrected chi connectivity index (χ0v) is 12.7. The molecule has 0 aliphatic rings. The van der Waals surface area contributed by atoms with Gasteiger partial charge in [-0.1, -0.05) is 60.7 Å². The van der Waals surface area contributed by atoms with Crippen LogP contribution in [0.3, 0.4) is 0 Å². The van der Waals surface area contributed by atoms with E-state index in [0.29, 0.717) is 12.3 Å². The summed E-state index contributed by atoms with van der Waals surface area (Å²) >= 11 is 0. The fourth-order valence-corrected chi connectivity index (χ4v) is 5.00. The molecule has 0 heterocycles. The fraction of sp³-hybridized carbons (Fsp3) is 0.200. The van der Waals surface area contributed by atoms with E-state index in [9.17, 15) is 9.13 Å². The van der Waals surface area contributed by atoms with Crippen LogP contribution in [0.25, 0.3) is 0 Å². The molecule has 2 unspecified atom stereocenters. The van der Waals surface area contributed by atoms with Gasteiger partial charge in [-0.2, -0.15) is 0 Å². The molecule has 0 fully saturated rings. The van der Waals surface area contributed by atoms with Gasteiger partial charge in [-0.3, -0.25) is 0 Å². The van der Waals surface area contributed by atoms with Crippen molar-refractivity contribution in [3.05, 3.63) is 60.7 Å². The molecular weight excluding hydrogens is 274 g/mol. The molecule has 0 bridgehead atoms. The topological polar surface area (TPSA) is 34.1 Å². The smallest absolute Gasteiger partial charge is 0.104 e. The van der Waals surface area contributed by atoms with Crippen LogP contribution in [0.4, 0.5) is 0 Å². The van der Waals surface area contributed by atoms with E-state index in [-0.39, 0.29) is 0 Å². The first-order chi connectivity index (χ1) is 9.27. The number of hydrogen-bond acceptors (Lipinski definition) is 2. The van der Waals surface area contributed by atoms with E-state index in [1.807, 2.05) is 60.7 Å². The molecule has 0 aliphatic heterocycles. The van der Waals surface area contributed by atoms with Crippen molar-refractivity contribution in [3.8, 4) is 0 Å². The molecule has 19 heavy (non-hydrogen) atoms. The molecule has 0 radical (unpaired) electrons. The maximum atomic E-state index is 12.1. The van der Waals surface area contributed by atoms with E-state index in [2.05, 4.69) is 0 Å². The lowest BCUT2D eigenvalue weighted by molar-refractivity contribution is 0.589. The Labute approximate surface area is 115 Å². The van der Waals surface area contributed by atoms with Gasteiger partial charge in [-0.25, -0.2) is 0 Å². The van der Waals surface area contributed by atoms with E-state index in [1.54, 1.807) is 0 Å². The summed E-state index contributed by atoms with van der Waals surface area (Å²) in [7, 11) is -3.43. The highest BCUT2D eigenvalue weighted by Crippen LogP contribution is 2.26. The Morgan fingerprint density at radius 1 is 0.632 bits per heavy atom. The molecule has 0 N–H and O–H groups in total. The first-order valence-corrected chi connectivity index (χ1v) is 9.67. The average Bonchev–Trinajstić information content (AvgIpc) is 2.49. The SMILES string of the molecule is O=[PH](CCC[PH](=O)c1ccccc1)c1ccccc1. The van der Waals surface area contributed by atoms with Gasteiger partial charge in [0.15, 0.2) is 0 Å². The number of hydrogen-bond donors (Lipinski definition) is 0. The predicted molar refractivity (Wildman–Crippen MR) is 84.5 cm³/mol. The third-order valence-corrected chi connectivity index (χ3v) is 6.57. The van der Waals surface area contributed by atoms with Crippen molar-refractivity contribution < 1.29 is 9.13 Å². The Hall–Kier alpha value is -1.10. The Kier molecular flexibility index (Phi) is 5.63. The Morgan fingerprint density at radius 2 is 1.00 bits per heavy atom. The Balaban J connectivity index is 1.81. The van der Waals surface area contributed by atoms with Crippen molar-refractivity contribution in [2.75, 3.05) is 12.3 Å². The summed E-state index contributed by atoms with van der Waals surface area (Å²) in [5.41, 5.74) is 0. The quantitative estimate of drug-likeness (QED) is 0.766. The molecule has 0 spiro atoms. The van der Waals surface area contributed by atoms with Crippen LogP contribution in [-0.4, -0.2) is 12.3 Å². The number of benzene rings is 2. The van der Waals surface area contributed by atoms with Crippen molar-refractivity contribution in [2.24, 2.45) is 0 Å². The van der Waals surface area contributed by atoms with Gasteiger partial charge in [-0.15, -0.1) is 0 Å². The van der Waals surface area contributed by atoms with E-state index in [0.717, 1.165) is 17.0 Å². The minimum absolute atomic E-state index is 0.651. The fourth-order valence-electron chi connectivity index (χ4n) is 1.95. The van der Waals surface area contributed by atoms with Gasteiger partial charge in [0.05, 0.1) is 0 Å². The molecule has 2 nitrogen and oxygen atoms in total. The van der Waals surface area contributed by atoms with Crippen molar-refractivity contribution in [1.82, 2.24) is 0 Å². The molecule has 0 aliphatic carbocycles. The first kappa shape index (κ1) is 14.3. The van der Waals surface area contributed by atoms with Crippen LogP contribution in [-0.2, 0) is 9.13 Å². The van der Waals surface area contributed by atoms with Crippen LogP contribution >= 0.6 is 15.6 Å². The highest BCUT2D eigenvalue weighted by molar-refractivity contribution is 7.54. The van der Waals surface area contributed by atoms with Crippen LogP contribution in [0.2, 0.25) is 0 Å². The minimum atomic E-state index is -1.72. The lowest BCUT2D eigenvalue weighted by Crippen LogP contribution is -2.00. The molecule has 0 aromatic heterocycles. The molecule has 2 rings (SSSR count). The normalized spacial score (nSPS) is 13.9. The molecule has 2 aromatic rings. The van der Waals surface area contributed by atoms with E-state index in [4.69, 9.17) is 0 Å². The van der Waals surface area contributed by atoms with Gasteiger partial charge in [0.1, 0.15) is 15.6 Å². The van der Waals surface area contributed by atoms with Crippen LogP contribution in [0.15, 0.2) is 60.7 Å². The van der Waals surface area contributed by atoms with E-state index in [1.165, 1.54) is 0 Å². The van der Waals surface area contributed by atoms with Gasteiger partial charge in [0.25, 0.3) is 0 Å². The van der Waals surface area contributed by atoms with Crippen molar-refractivity contribution >= 4 is 26.2 Å². The molecule has 0 saturated carbocycles. The highest BCUT2D eigenvalue weighted by Gasteiger charge is 2.06. The first-order valence-electron chi connectivity index (χ1n) is 6.44. The largest absolute Gasteiger partial charge is 0.322 e. The summed E-state index contributed by atoms with van der Waals surface area (Å²) in [4.78, 5) is 0. The van der Waals surface area contributed by atoms with Gasteiger partial charge in [0, 0.05) is 22.9 Å². The van der Waals surface area contributed by atoms with Gasteiger partial charge in [-0.05, 0) is 6.42 Å². The maximum Gasteiger partial charge on any atom is 0.104 e. The van der Waals surface area contributed by atoms with Crippen molar-refractivity contribution in [2.45, 2.75) is 6.42 Å². The lowest BCUT2D eigenvalue weighted by atomic mass is 10.4. The minimum Gasteiger partial charge on any atom is -0.322 e. The van der Waals surface area contributed by atoms with Crippen molar-refractivity contribution in [3.63, 3.8) is 0 Å². The summed E-state index contributed by atoms with van der Waals surface area (Å²) in [5.74, 6) is 0. The number of rotatable bonds is 6. The monoisotopic (exact) mass is 292 g/mol. The average molecular weight is 292 g/mol. The molecule has 4 heteroatoms. The summed E-state index contributed by atoms with van der Waals surface area (Å²) < 4.78 is 24.1. The molecule has 0 amide bonds. The second kappa shape index (κ2) is 7.48. The third-order valence-electron chi connectivity index (χ3n) is 3.00. The summed E-state index contributed by atoms with van der Waals surface area (Å²) in [6.07, 6.45) is 2.06. The molecular formula is C15H18O2P2. The van der Waals surface area contributed by atoms with Crippen LogP contribution in [0.1, 0.15) is 6.42 Å². The molecule has 2 aromatic carbocycles. The summed E-state index contributed by atoms with van der Waals surface area (Å²) in [6.45, 7) is 0. The molecule has 100 valence electrons. The van der Waals surface area contributed by atoms with Gasteiger partial charge >= 0.3 is 0 Å². The Bertz CT molecular complexity index is 501. The molecule has 0 saturated heterocycles. The third kappa shape index (κ3) is 4.49. The summed E-state index contributed by atoms with van der Waals surface area (Å²) in [5, 5.41) is 1.85. The van der Waals surface area contributed by atoms with Gasteiger partial charge in [0.2, 0.25) is 0 Å².